The normalized spacial score (nSPS) is 20.7. The fraction of sp³-hybridized carbons (Fsp3) is 0.514. The van der Waals surface area contributed by atoms with Gasteiger partial charge >= 0.3 is 6.18 Å². The molecule has 2 amide bonds. The number of carbonyl (C=O) groups is 2. The molecule has 1 atom stereocenters. The number of hydrogen-bond donors (Lipinski definition) is 1. The number of aryl methyl sites for hydroxylation is 2. The first-order valence-corrected chi connectivity index (χ1v) is 18.8. The van der Waals surface area contributed by atoms with Crippen LogP contribution >= 0.6 is 0 Å². The molecule has 1 aromatic heterocycles. The summed E-state index contributed by atoms with van der Waals surface area (Å²) in [4.78, 5) is 38.9. The summed E-state index contributed by atoms with van der Waals surface area (Å²) in [6, 6.07) is 11.2. The molecule has 2 fully saturated rings. The highest BCUT2D eigenvalue weighted by Crippen LogP contribution is 2.53. The maximum atomic E-state index is 14.5. The fourth-order valence-corrected chi connectivity index (χ4v) is 8.76. The number of aromatic nitrogens is 2. The largest absolute Gasteiger partial charge is 0.475 e. The van der Waals surface area contributed by atoms with Gasteiger partial charge in [-0.15, -0.1) is 0 Å². The van der Waals surface area contributed by atoms with Gasteiger partial charge in [0.1, 0.15) is 6.61 Å². The molecule has 1 spiro atoms. The molecule has 10 nitrogen and oxygen atoms in total. The highest BCUT2D eigenvalue weighted by atomic mass is 32.2. The number of benzene rings is 2. The second-order valence-corrected chi connectivity index (χ2v) is 16.6. The van der Waals surface area contributed by atoms with Gasteiger partial charge in [0.05, 0.1) is 22.0 Å². The van der Waals surface area contributed by atoms with Crippen LogP contribution in [-0.2, 0) is 14.8 Å². The number of anilines is 1. The maximum absolute atomic E-state index is 14.5. The third-order valence-corrected chi connectivity index (χ3v) is 12.2. The van der Waals surface area contributed by atoms with Crippen LogP contribution in [-0.4, -0.2) is 78.0 Å². The number of amides is 2. The molecule has 1 saturated carbocycles. The van der Waals surface area contributed by atoms with Crippen LogP contribution in [0.25, 0.3) is 11.3 Å². The molecule has 6 rings (SSSR count). The van der Waals surface area contributed by atoms with E-state index in [1.165, 1.54) is 35.2 Å². The van der Waals surface area contributed by atoms with Crippen LogP contribution in [0.4, 0.5) is 19.1 Å². The number of nitrogens with zero attached hydrogens (tertiary/aromatic N) is 4. The lowest BCUT2D eigenvalue weighted by molar-refractivity contribution is -0.219. The van der Waals surface area contributed by atoms with Crippen molar-refractivity contribution in [1.82, 2.24) is 19.8 Å². The van der Waals surface area contributed by atoms with E-state index in [-0.39, 0.29) is 40.2 Å². The first kappa shape index (κ1) is 36.6. The third-order valence-electron chi connectivity index (χ3n) is 10.8. The second kappa shape index (κ2) is 13.4. The van der Waals surface area contributed by atoms with Crippen molar-refractivity contribution in [3.63, 3.8) is 0 Å². The van der Waals surface area contributed by atoms with Crippen molar-refractivity contribution in [1.29, 1.82) is 0 Å². The number of carbonyl (C=O) groups excluding carboxylic acids is 2. The highest BCUT2D eigenvalue weighted by molar-refractivity contribution is 7.92. The van der Waals surface area contributed by atoms with E-state index in [4.69, 9.17) is 4.74 Å². The topological polar surface area (TPSA) is 122 Å². The summed E-state index contributed by atoms with van der Waals surface area (Å²) in [5, 5.41) is 0. The number of hydrogen-bond acceptors (Lipinski definition) is 7. The lowest BCUT2D eigenvalue weighted by Gasteiger charge is -2.56. The number of halogens is 3. The average Bonchev–Trinajstić information content (AvgIpc) is 3.05. The summed E-state index contributed by atoms with van der Waals surface area (Å²) in [7, 11) is -4.31. The smallest absolute Gasteiger partial charge is 0.394 e. The number of alkyl halides is 3. The predicted octanol–water partition coefficient (Wildman–Crippen LogP) is 6.92. The van der Waals surface area contributed by atoms with Crippen molar-refractivity contribution >= 4 is 27.8 Å². The van der Waals surface area contributed by atoms with E-state index in [1.54, 1.807) is 0 Å². The zero-order chi connectivity index (χ0) is 36.9. The molecule has 3 heterocycles. The Morgan fingerprint density at radius 1 is 1.02 bits per heavy atom. The van der Waals surface area contributed by atoms with Crippen molar-refractivity contribution in [3.8, 4) is 17.1 Å². The fourth-order valence-electron chi connectivity index (χ4n) is 7.77. The Labute approximate surface area is 296 Å². The molecule has 2 aromatic carbocycles. The third kappa shape index (κ3) is 7.29. The Bertz CT molecular complexity index is 1910. The maximum Gasteiger partial charge on any atom is 0.394 e. The summed E-state index contributed by atoms with van der Waals surface area (Å²) in [5.74, 6) is -0.824. The van der Waals surface area contributed by atoms with E-state index < -0.39 is 46.0 Å². The molecular weight excluding hydrogens is 683 g/mol. The van der Waals surface area contributed by atoms with Crippen molar-refractivity contribution in [3.05, 3.63) is 65.2 Å². The molecular formula is C37H44F3N5O5S. The Morgan fingerprint density at radius 2 is 1.67 bits per heavy atom. The van der Waals surface area contributed by atoms with Crippen molar-refractivity contribution < 1.29 is 35.9 Å². The zero-order valence-electron chi connectivity index (χ0n) is 29.5. The minimum absolute atomic E-state index is 0.0279. The van der Waals surface area contributed by atoms with E-state index in [2.05, 4.69) is 14.7 Å². The molecule has 3 aromatic rings. The zero-order valence-corrected chi connectivity index (χ0v) is 30.3. The number of likely N-dealkylation sites (tertiary alicyclic amines) is 1. The number of fused-ring (bicyclic) bond motifs is 4. The monoisotopic (exact) mass is 727 g/mol. The van der Waals surface area contributed by atoms with Crippen molar-refractivity contribution in [2.24, 2.45) is 10.8 Å². The van der Waals surface area contributed by atoms with E-state index >= 15 is 0 Å². The van der Waals surface area contributed by atoms with Gasteiger partial charge in [-0.25, -0.2) is 18.1 Å². The van der Waals surface area contributed by atoms with Crippen molar-refractivity contribution in [2.75, 3.05) is 24.4 Å². The van der Waals surface area contributed by atoms with Crippen LogP contribution < -0.4 is 9.46 Å². The lowest BCUT2D eigenvalue weighted by Crippen LogP contribution is -2.61. The van der Waals surface area contributed by atoms with Crippen molar-refractivity contribution in [2.45, 2.75) is 96.3 Å². The summed E-state index contributed by atoms with van der Waals surface area (Å²) in [6.07, 6.45) is -2.08. The molecule has 1 unspecified atom stereocenters. The number of nitrogens with one attached hydrogen (secondary N) is 1. The Hall–Kier alpha value is -4.20. The van der Waals surface area contributed by atoms with E-state index in [0.29, 0.717) is 38.0 Å². The van der Waals surface area contributed by atoms with Gasteiger partial charge in [0.2, 0.25) is 17.7 Å². The van der Waals surface area contributed by atoms with Gasteiger partial charge < -0.3 is 14.5 Å². The van der Waals surface area contributed by atoms with Crippen LogP contribution in [0.15, 0.2) is 53.4 Å². The summed E-state index contributed by atoms with van der Waals surface area (Å²) < 4.78 is 79.5. The minimum Gasteiger partial charge on any atom is -0.475 e. The molecule has 3 aliphatic rings. The van der Waals surface area contributed by atoms with E-state index in [0.717, 1.165) is 43.4 Å². The van der Waals surface area contributed by atoms with Gasteiger partial charge in [0.25, 0.3) is 15.9 Å². The first-order chi connectivity index (χ1) is 23.9. The van der Waals surface area contributed by atoms with Crippen LogP contribution in [0.2, 0.25) is 0 Å². The molecule has 51 heavy (non-hydrogen) atoms. The SMILES string of the molecule is CCC(=O)N1CCC2(CC1)CC(N1C(=O)c3cccc(c3)S(=O)(=O)Nc3nc(cc(-c4c(C)cccc4C)n3)OCC1CC(C)(C)C(F)(F)F)C2. The molecule has 0 radical (unpaired) electrons. The Balaban J connectivity index is 1.44. The number of rotatable bonds is 5. The molecule has 1 aliphatic carbocycles. The van der Waals surface area contributed by atoms with Crippen LogP contribution in [0.1, 0.15) is 80.8 Å². The minimum atomic E-state index is -4.59. The number of ether oxygens (including phenoxy) is 1. The lowest BCUT2D eigenvalue weighted by atomic mass is 9.59. The molecule has 4 bridgehead atoms. The van der Waals surface area contributed by atoms with Gasteiger partial charge in [-0.2, -0.15) is 18.2 Å². The molecule has 2 aliphatic heterocycles. The quantitative estimate of drug-likeness (QED) is 0.303. The molecule has 14 heteroatoms. The first-order valence-electron chi connectivity index (χ1n) is 17.3. The number of sulfonamides is 1. The van der Waals surface area contributed by atoms with E-state index in [9.17, 15) is 31.2 Å². The van der Waals surface area contributed by atoms with Crippen LogP contribution in [0, 0.1) is 24.7 Å². The molecule has 1 N–H and O–H groups in total. The van der Waals surface area contributed by atoms with Gasteiger partial charge in [-0.3, -0.25) is 9.59 Å². The summed E-state index contributed by atoms with van der Waals surface area (Å²) in [6.45, 7) is 8.67. The summed E-state index contributed by atoms with van der Waals surface area (Å²) in [5.41, 5.74) is 0.501. The van der Waals surface area contributed by atoms with E-state index in [1.807, 2.05) is 43.9 Å². The van der Waals surface area contributed by atoms with Crippen LogP contribution in [0.3, 0.4) is 0 Å². The Morgan fingerprint density at radius 3 is 2.29 bits per heavy atom. The highest BCUT2D eigenvalue weighted by Gasteiger charge is 2.54. The second-order valence-electron chi connectivity index (χ2n) is 14.9. The van der Waals surface area contributed by atoms with Gasteiger partial charge in [-0.05, 0) is 80.7 Å². The Kier molecular flexibility index (Phi) is 9.62. The number of piperidine rings is 1. The van der Waals surface area contributed by atoms with Gasteiger partial charge in [-0.1, -0.05) is 45.0 Å². The predicted molar refractivity (Wildman–Crippen MR) is 186 cm³/mol. The van der Waals surface area contributed by atoms with Crippen LogP contribution in [0.5, 0.6) is 5.88 Å². The summed E-state index contributed by atoms with van der Waals surface area (Å²) >= 11 is 0. The van der Waals surface area contributed by atoms with Gasteiger partial charge in [0, 0.05) is 42.7 Å². The van der Waals surface area contributed by atoms with Gasteiger partial charge in [0.15, 0.2) is 0 Å². The standard InChI is InChI=1S/C37H44F3N5O5S/c1-6-31(46)44-15-13-36(14-16-44)20-26(21-36)45-27(19-35(4,5)37(38,39)40)22-50-30-18-29(32-23(2)9-7-10-24(32)3)41-34(42-30)43-51(48,49)28-12-8-11-25(17-28)33(45)47/h7-12,17-18,26-27H,6,13-16,19-22H2,1-5H3,(H,41,42,43). The molecule has 274 valence electrons. The molecule has 1 saturated heterocycles. The average molecular weight is 728 g/mol.